The Labute approximate surface area is 163 Å². The van der Waals surface area contributed by atoms with Crippen molar-refractivity contribution >= 4 is 0 Å². The molecule has 2 aromatic rings. The van der Waals surface area contributed by atoms with Crippen LogP contribution in [-0.4, -0.2) is 61.7 Å². The minimum Gasteiger partial charge on any atom is -0.492 e. The minimum atomic E-state index is -4.65. The molecule has 0 aliphatic carbocycles. The standard InChI is InChI=1S/C21H25F3N2O2/c22-21(23,24)28-20(17-18-7-3-1-4-8-18)26-13-11-25(12-14-26)15-16-27-19-9-5-2-6-10-19/h1-10,20H,11-17H2. The number of piperazine rings is 1. The zero-order chi connectivity index (χ0) is 19.8. The summed E-state index contributed by atoms with van der Waals surface area (Å²) in [5, 5.41) is 0. The summed E-state index contributed by atoms with van der Waals surface area (Å²) in [5.74, 6) is 0.822. The molecule has 3 rings (SSSR count). The van der Waals surface area contributed by atoms with E-state index in [1.165, 1.54) is 0 Å². The lowest BCUT2D eigenvalue weighted by Gasteiger charge is -2.39. The molecule has 0 spiro atoms. The van der Waals surface area contributed by atoms with Gasteiger partial charge in [-0.25, -0.2) is 0 Å². The zero-order valence-corrected chi connectivity index (χ0v) is 15.6. The number of hydrogen-bond acceptors (Lipinski definition) is 4. The summed E-state index contributed by atoms with van der Waals surface area (Å²) < 4.78 is 48.8. The molecule has 7 heteroatoms. The van der Waals surface area contributed by atoms with E-state index in [1.807, 2.05) is 60.7 Å². The van der Waals surface area contributed by atoms with Crippen LogP contribution in [0.1, 0.15) is 5.56 Å². The summed E-state index contributed by atoms with van der Waals surface area (Å²) in [6, 6.07) is 18.7. The first-order chi connectivity index (χ1) is 13.5. The third kappa shape index (κ3) is 6.82. The van der Waals surface area contributed by atoms with Gasteiger partial charge < -0.3 is 4.74 Å². The van der Waals surface area contributed by atoms with E-state index in [-0.39, 0.29) is 6.42 Å². The lowest BCUT2D eigenvalue weighted by molar-refractivity contribution is -0.360. The Bertz CT molecular complexity index is 690. The molecule has 0 radical (unpaired) electrons. The number of halogens is 3. The quantitative estimate of drug-likeness (QED) is 0.680. The van der Waals surface area contributed by atoms with Crippen LogP contribution in [0.4, 0.5) is 13.2 Å². The molecule has 1 aliphatic heterocycles. The van der Waals surface area contributed by atoms with Gasteiger partial charge in [-0.1, -0.05) is 48.5 Å². The molecular formula is C21H25F3N2O2. The maximum Gasteiger partial charge on any atom is 0.524 e. The van der Waals surface area contributed by atoms with E-state index in [9.17, 15) is 13.2 Å². The van der Waals surface area contributed by atoms with Crippen molar-refractivity contribution in [3.63, 3.8) is 0 Å². The number of ether oxygens (including phenoxy) is 2. The Morgan fingerprint density at radius 1 is 0.857 bits per heavy atom. The van der Waals surface area contributed by atoms with Gasteiger partial charge in [0.2, 0.25) is 0 Å². The topological polar surface area (TPSA) is 24.9 Å². The molecule has 1 atom stereocenters. The SMILES string of the molecule is FC(F)(F)OC(Cc1ccccc1)N1CCN(CCOc2ccccc2)CC1. The molecule has 0 aromatic heterocycles. The normalized spacial score (nSPS) is 17.4. The molecular weight excluding hydrogens is 369 g/mol. The molecule has 1 aliphatic rings. The lowest BCUT2D eigenvalue weighted by atomic mass is 10.1. The molecule has 0 bridgehead atoms. The monoisotopic (exact) mass is 394 g/mol. The maximum absolute atomic E-state index is 12.9. The van der Waals surface area contributed by atoms with Gasteiger partial charge in [-0.2, -0.15) is 0 Å². The predicted octanol–water partition coefficient (Wildman–Crippen LogP) is 3.79. The van der Waals surface area contributed by atoms with Crippen molar-refractivity contribution in [1.29, 1.82) is 0 Å². The Morgan fingerprint density at radius 2 is 1.46 bits per heavy atom. The van der Waals surface area contributed by atoms with Gasteiger partial charge in [0.25, 0.3) is 0 Å². The van der Waals surface area contributed by atoms with Gasteiger partial charge >= 0.3 is 6.36 Å². The summed E-state index contributed by atoms with van der Waals surface area (Å²) in [5.41, 5.74) is 0.829. The number of nitrogens with zero attached hydrogens (tertiary/aromatic N) is 2. The average molecular weight is 394 g/mol. The molecule has 152 valence electrons. The van der Waals surface area contributed by atoms with Gasteiger partial charge in [0, 0.05) is 39.1 Å². The van der Waals surface area contributed by atoms with E-state index in [4.69, 9.17) is 4.74 Å². The van der Waals surface area contributed by atoms with Crippen LogP contribution in [-0.2, 0) is 11.2 Å². The van der Waals surface area contributed by atoms with E-state index >= 15 is 0 Å². The second kappa shape index (κ2) is 9.91. The molecule has 1 fully saturated rings. The van der Waals surface area contributed by atoms with Crippen molar-refractivity contribution in [2.45, 2.75) is 19.0 Å². The molecule has 1 unspecified atom stereocenters. The summed E-state index contributed by atoms with van der Waals surface area (Å²) in [6.07, 6.45) is -5.46. The van der Waals surface area contributed by atoms with E-state index in [0.717, 1.165) is 17.9 Å². The second-order valence-corrected chi connectivity index (χ2v) is 6.75. The Hall–Kier alpha value is -2.09. The Balaban J connectivity index is 1.48. The molecule has 0 N–H and O–H groups in total. The van der Waals surface area contributed by atoms with Gasteiger partial charge in [0.05, 0.1) is 0 Å². The molecule has 1 heterocycles. The van der Waals surface area contributed by atoms with Gasteiger partial charge in [-0.15, -0.1) is 13.2 Å². The minimum absolute atomic E-state index is 0.206. The van der Waals surface area contributed by atoms with Crippen molar-refractivity contribution in [3.05, 3.63) is 66.2 Å². The smallest absolute Gasteiger partial charge is 0.492 e. The number of rotatable bonds is 8. The first kappa shape index (κ1) is 20.6. The largest absolute Gasteiger partial charge is 0.524 e. The van der Waals surface area contributed by atoms with Gasteiger partial charge in [0.1, 0.15) is 18.6 Å². The second-order valence-electron chi connectivity index (χ2n) is 6.75. The summed E-state index contributed by atoms with van der Waals surface area (Å²) in [6.45, 7) is 3.72. The predicted molar refractivity (Wildman–Crippen MR) is 101 cm³/mol. The first-order valence-corrected chi connectivity index (χ1v) is 9.42. The fraction of sp³-hybridized carbons (Fsp3) is 0.429. The van der Waals surface area contributed by atoms with Crippen LogP contribution >= 0.6 is 0 Å². The van der Waals surface area contributed by atoms with Crippen molar-refractivity contribution in [2.75, 3.05) is 39.3 Å². The van der Waals surface area contributed by atoms with Crippen LogP contribution in [0, 0.1) is 0 Å². The molecule has 1 saturated heterocycles. The van der Waals surface area contributed by atoms with E-state index in [1.54, 1.807) is 4.90 Å². The fourth-order valence-electron chi connectivity index (χ4n) is 3.30. The third-order valence-corrected chi connectivity index (χ3v) is 4.76. The van der Waals surface area contributed by atoms with Crippen molar-refractivity contribution in [1.82, 2.24) is 9.80 Å². The van der Waals surface area contributed by atoms with Crippen molar-refractivity contribution in [3.8, 4) is 5.75 Å². The highest BCUT2D eigenvalue weighted by atomic mass is 19.4. The molecule has 0 saturated carbocycles. The molecule has 0 amide bonds. The van der Waals surface area contributed by atoms with Crippen LogP contribution in [0.15, 0.2) is 60.7 Å². The average Bonchev–Trinajstić information content (AvgIpc) is 2.69. The maximum atomic E-state index is 12.9. The van der Waals surface area contributed by atoms with Gasteiger partial charge in [-0.05, 0) is 17.7 Å². The number of para-hydroxylation sites is 1. The number of hydrogen-bond donors (Lipinski definition) is 0. The highest BCUT2D eigenvalue weighted by molar-refractivity contribution is 5.20. The fourth-order valence-corrected chi connectivity index (χ4v) is 3.30. The van der Waals surface area contributed by atoms with Crippen LogP contribution < -0.4 is 4.74 Å². The third-order valence-electron chi connectivity index (χ3n) is 4.76. The summed E-state index contributed by atoms with van der Waals surface area (Å²) in [4.78, 5) is 3.97. The zero-order valence-electron chi connectivity index (χ0n) is 15.6. The molecule has 4 nitrogen and oxygen atoms in total. The first-order valence-electron chi connectivity index (χ1n) is 9.42. The van der Waals surface area contributed by atoms with E-state index in [0.29, 0.717) is 32.8 Å². The van der Waals surface area contributed by atoms with Crippen molar-refractivity contribution < 1.29 is 22.6 Å². The van der Waals surface area contributed by atoms with Crippen LogP contribution in [0.5, 0.6) is 5.75 Å². The summed E-state index contributed by atoms with van der Waals surface area (Å²) in [7, 11) is 0. The molecule has 28 heavy (non-hydrogen) atoms. The van der Waals surface area contributed by atoms with Gasteiger partial charge in [0.15, 0.2) is 0 Å². The van der Waals surface area contributed by atoms with Crippen molar-refractivity contribution in [2.24, 2.45) is 0 Å². The summed E-state index contributed by atoms with van der Waals surface area (Å²) >= 11 is 0. The molecule has 2 aromatic carbocycles. The van der Waals surface area contributed by atoms with Crippen LogP contribution in [0.25, 0.3) is 0 Å². The van der Waals surface area contributed by atoms with Crippen LogP contribution in [0.2, 0.25) is 0 Å². The Kier molecular flexibility index (Phi) is 7.30. The van der Waals surface area contributed by atoms with Crippen LogP contribution in [0.3, 0.4) is 0 Å². The highest BCUT2D eigenvalue weighted by Gasteiger charge is 2.37. The number of alkyl halides is 3. The highest BCUT2D eigenvalue weighted by Crippen LogP contribution is 2.23. The van der Waals surface area contributed by atoms with E-state index < -0.39 is 12.6 Å². The Morgan fingerprint density at radius 3 is 2.07 bits per heavy atom. The van der Waals surface area contributed by atoms with Gasteiger partial charge in [-0.3, -0.25) is 14.5 Å². The lowest BCUT2D eigenvalue weighted by Crippen LogP contribution is -2.53. The van der Waals surface area contributed by atoms with E-state index in [2.05, 4.69) is 9.64 Å². The number of benzene rings is 2.